The normalized spacial score (nSPS) is 14.0. The first-order chi connectivity index (χ1) is 8.48. The Morgan fingerprint density at radius 3 is 2.78 bits per heavy atom. The fourth-order valence-electron chi connectivity index (χ4n) is 1.71. The number of nitrogen functional groups attached to an aromatic ring is 1. The number of hydrogen-bond acceptors (Lipinski definition) is 5. The Morgan fingerprint density at radius 2 is 2.17 bits per heavy atom. The van der Waals surface area contributed by atoms with Gasteiger partial charge in [-0.05, 0) is 32.4 Å². The highest BCUT2D eigenvalue weighted by Crippen LogP contribution is 2.21. The molecule has 0 fully saturated rings. The SMILES string of the molecule is CCCC(C)(O)CNc1ccc(N)c(OCC)n1. The number of hydrogen-bond donors (Lipinski definition) is 3. The van der Waals surface area contributed by atoms with Crippen molar-refractivity contribution in [1.82, 2.24) is 4.98 Å². The molecule has 0 aliphatic rings. The van der Waals surface area contributed by atoms with Crippen LogP contribution in [0.15, 0.2) is 12.1 Å². The van der Waals surface area contributed by atoms with Crippen molar-refractivity contribution >= 4 is 11.5 Å². The zero-order valence-electron chi connectivity index (χ0n) is 11.4. The molecule has 4 N–H and O–H groups in total. The summed E-state index contributed by atoms with van der Waals surface area (Å²) >= 11 is 0. The lowest BCUT2D eigenvalue weighted by molar-refractivity contribution is 0.0636. The quantitative estimate of drug-likeness (QED) is 0.692. The van der Waals surface area contributed by atoms with Gasteiger partial charge in [-0.1, -0.05) is 13.3 Å². The second-order valence-electron chi connectivity index (χ2n) is 4.62. The lowest BCUT2D eigenvalue weighted by Gasteiger charge is -2.23. The zero-order valence-corrected chi connectivity index (χ0v) is 11.4. The Kier molecular flexibility index (Phi) is 5.22. The maximum Gasteiger partial charge on any atom is 0.239 e. The van der Waals surface area contributed by atoms with E-state index in [1.54, 1.807) is 12.1 Å². The topological polar surface area (TPSA) is 80.4 Å². The number of aromatic nitrogens is 1. The summed E-state index contributed by atoms with van der Waals surface area (Å²) in [6.45, 7) is 6.71. The number of ether oxygens (including phenoxy) is 1. The molecule has 18 heavy (non-hydrogen) atoms. The summed E-state index contributed by atoms with van der Waals surface area (Å²) in [5.74, 6) is 1.08. The predicted molar refractivity (Wildman–Crippen MR) is 73.8 cm³/mol. The Morgan fingerprint density at radius 1 is 1.44 bits per heavy atom. The minimum atomic E-state index is -0.733. The molecule has 102 valence electrons. The molecule has 0 saturated carbocycles. The molecule has 0 bridgehead atoms. The molecule has 0 amide bonds. The van der Waals surface area contributed by atoms with Crippen LogP contribution in [0.25, 0.3) is 0 Å². The van der Waals surface area contributed by atoms with Crippen LogP contribution in [-0.2, 0) is 0 Å². The van der Waals surface area contributed by atoms with E-state index >= 15 is 0 Å². The smallest absolute Gasteiger partial charge is 0.239 e. The third-order valence-corrected chi connectivity index (χ3v) is 2.61. The second kappa shape index (κ2) is 6.44. The van der Waals surface area contributed by atoms with Gasteiger partial charge in [0.15, 0.2) is 0 Å². The first-order valence-electron chi connectivity index (χ1n) is 6.34. The van der Waals surface area contributed by atoms with E-state index in [0.29, 0.717) is 30.5 Å². The van der Waals surface area contributed by atoms with E-state index in [9.17, 15) is 5.11 Å². The van der Waals surface area contributed by atoms with Crippen molar-refractivity contribution in [3.05, 3.63) is 12.1 Å². The van der Waals surface area contributed by atoms with Gasteiger partial charge in [0.05, 0.1) is 17.9 Å². The van der Waals surface area contributed by atoms with Gasteiger partial charge in [0.2, 0.25) is 5.88 Å². The molecule has 0 spiro atoms. The highest BCUT2D eigenvalue weighted by molar-refractivity contribution is 5.53. The number of nitrogens with two attached hydrogens (primary N) is 1. The highest BCUT2D eigenvalue weighted by atomic mass is 16.5. The third kappa shape index (κ3) is 4.41. The molecule has 5 nitrogen and oxygen atoms in total. The van der Waals surface area contributed by atoms with Crippen LogP contribution < -0.4 is 15.8 Å². The molecule has 0 aliphatic carbocycles. The average Bonchev–Trinajstić information content (AvgIpc) is 2.30. The van der Waals surface area contributed by atoms with E-state index < -0.39 is 5.60 Å². The summed E-state index contributed by atoms with van der Waals surface area (Å²) < 4.78 is 5.32. The molecule has 1 aromatic heterocycles. The summed E-state index contributed by atoms with van der Waals surface area (Å²) in [5.41, 5.74) is 5.52. The zero-order chi connectivity index (χ0) is 13.6. The van der Waals surface area contributed by atoms with Crippen LogP contribution in [0, 0.1) is 0 Å². The fourth-order valence-corrected chi connectivity index (χ4v) is 1.71. The molecular formula is C13H23N3O2. The van der Waals surface area contributed by atoms with Crippen LogP contribution in [0.4, 0.5) is 11.5 Å². The lowest BCUT2D eigenvalue weighted by atomic mass is 10.0. The lowest BCUT2D eigenvalue weighted by Crippen LogP contribution is -2.33. The van der Waals surface area contributed by atoms with E-state index in [1.807, 2.05) is 20.8 Å². The molecule has 1 unspecified atom stereocenters. The third-order valence-electron chi connectivity index (χ3n) is 2.61. The van der Waals surface area contributed by atoms with Crippen LogP contribution in [0.2, 0.25) is 0 Å². The minimum Gasteiger partial charge on any atom is -0.476 e. The first-order valence-corrected chi connectivity index (χ1v) is 6.34. The summed E-state index contributed by atoms with van der Waals surface area (Å²) in [6, 6.07) is 3.52. The van der Waals surface area contributed by atoms with Gasteiger partial charge in [-0.25, -0.2) is 0 Å². The van der Waals surface area contributed by atoms with Gasteiger partial charge >= 0.3 is 0 Å². The Bertz CT molecular complexity index is 380. The van der Waals surface area contributed by atoms with Gasteiger partial charge in [-0.3, -0.25) is 0 Å². The number of aliphatic hydroxyl groups is 1. The van der Waals surface area contributed by atoms with Gasteiger partial charge < -0.3 is 20.9 Å². The minimum absolute atomic E-state index is 0.428. The number of nitrogens with one attached hydrogen (secondary N) is 1. The molecule has 0 radical (unpaired) electrons. The summed E-state index contributed by atoms with van der Waals surface area (Å²) in [4.78, 5) is 4.26. The Balaban J connectivity index is 2.65. The number of pyridine rings is 1. The van der Waals surface area contributed by atoms with Crippen LogP contribution in [0.1, 0.15) is 33.6 Å². The van der Waals surface area contributed by atoms with Crippen molar-refractivity contribution in [3.8, 4) is 5.88 Å². The van der Waals surface area contributed by atoms with Crippen molar-refractivity contribution < 1.29 is 9.84 Å². The molecule has 0 aliphatic heterocycles. The van der Waals surface area contributed by atoms with E-state index in [2.05, 4.69) is 10.3 Å². The van der Waals surface area contributed by atoms with Gasteiger partial charge in [0.1, 0.15) is 5.82 Å². The summed E-state index contributed by atoms with van der Waals surface area (Å²) in [7, 11) is 0. The molecule has 5 heteroatoms. The van der Waals surface area contributed by atoms with Crippen LogP contribution in [0.3, 0.4) is 0 Å². The van der Waals surface area contributed by atoms with Gasteiger partial charge in [0, 0.05) is 6.54 Å². The van der Waals surface area contributed by atoms with Crippen molar-refractivity contribution in [2.45, 2.75) is 39.2 Å². The summed E-state index contributed by atoms with van der Waals surface area (Å²) in [5, 5.41) is 13.2. The van der Waals surface area contributed by atoms with Crippen LogP contribution >= 0.6 is 0 Å². The molecule has 1 rings (SSSR count). The molecule has 1 aromatic rings. The monoisotopic (exact) mass is 253 g/mol. The molecule has 0 saturated heterocycles. The van der Waals surface area contributed by atoms with Crippen molar-refractivity contribution in [2.75, 3.05) is 24.2 Å². The van der Waals surface area contributed by atoms with E-state index in [4.69, 9.17) is 10.5 Å². The molecule has 1 heterocycles. The molecule has 0 aromatic carbocycles. The van der Waals surface area contributed by atoms with Crippen molar-refractivity contribution in [2.24, 2.45) is 0 Å². The summed E-state index contributed by atoms with van der Waals surface area (Å²) in [6.07, 6.45) is 1.68. The first kappa shape index (κ1) is 14.6. The van der Waals surface area contributed by atoms with E-state index in [1.165, 1.54) is 0 Å². The fraction of sp³-hybridized carbons (Fsp3) is 0.615. The molecule has 1 atom stereocenters. The highest BCUT2D eigenvalue weighted by Gasteiger charge is 2.18. The standard InChI is InChI=1S/C13H23N3O2/c1-4-8-13(3,17)9-15-11-7-6-10(14)12(16-11)18-5-2/h6-7,17H,4-5,8-9,14H2,1-3H3,(H,15,16). The van der Waals surface area contributed by atoms with Crippen LogP contribution in [0.5, 0.6) is 5.88 Å². The maximum atomic E-state index is 10.1. The second-order valence-corrected chi connectivity index (χ2v) is 4.62. The predicted octanol–water partition coefficient (Wildman–Crippen LogP) is 2.03. The van der Waals surface area contributed by atoms with E-state index in [0.717, 1.165) is 12.8 Å². The number of rotatable bonds is 7. The Hall–Kier alpha value is -1.49. The van der Waals surface area contributed by atoms with Gasteiger partial charge in [0.25, 0.3) is 0 Å². The number of anilines is 2. The van der Waals surface area contributed by atoms with Crippen molar-refractivity contribution in [1.29, 1.82) is 0 Å². The van der Waals surface area contributed by atoms with Gasteiger partial charge in [-0.15, -0.1) is 0 Å². The van der Waals surface area contributed by atoms with Crippen molar-refractivity contribution in [3.63, 3.8) is 0 Å². The van der Waals surface area contributed by atoms with Gasteiger partial charge in [-0.2, -0.15) is 4.98 Å². The number of nitrogens with zero attached hydrogens (tertiary/aromatic N) is 1. The van der Waals surface area contributed by atoms with Crippen LogP contribution in [-0.4, -0.2) is 28.8 Å². The average molecular weight is 253 g/mol. The van der Waals surface area contributed by atoms with E-state index in [-0.39, 0.29) is 0 Å². The molecular weight excluding hydrogens is 230 g/mol. The Labute approximate surface area is 108 Å². The largest absolute Gasteiger partial charge is 0.476 e. The maximum absolute atomic E-state index is 10.1.